The number of carbonyl (C=O) groups is 2. The fraction of sp³-hybridized carbons (Fsp3) is 0.579. The van der Waals surface area contributed by atoms with E-state index in [4.69, 9.17) is 16.7 Å². The zero-order valence-corrected chi connectivity index (χ0v) is 15.0. The van der Waals surface area contributed by atoms with Crippen LogP contribution in [0.15, 0.2) is 24.3 Å². The van der Waals surface area contributed by atoms with Crippen molar-refractivity contribution in [1.82, 2.24) is 10.2 Å². The van der Waals surface area contributed by atoms with Gasteiger partial charge in [0.05, 0.1) is 12.0 Å². The first-order valence-corrected chi connectivity index (χ1v) is 9.48. The summed E-state index contributed by atoms with van der Waals surface area (Å²) in [5.74, 6) is -0.978. The maximum Gasteiger partial charge on any atom is 0.318 e. The molecular weight excluding hydrogens is 340 g/mol. The molecule has 0 aromatic heterocycles. The Hall–Kier alpha value is -1.75. The number of hydrogen-bond acceptors (Lipinski definition) is 2. The highest BCUT2D eigenvalue weighted by Crippen LogP contribution is 2.32. The van der Waals surface area contributed by atoms with Crippen molar-refractivity contribution in [1.29, 1.82) is 0 Å². The van der Waals surface area contributed by atoms with Gasteiger partial charge in [0, 0.05) is 17.6 Å². The average Bonchev–Trinajstić information content (AvgIpc) is 2.63. The number of nitrogens with one attached hydrogen (secondary N) is 1. The number of likely N-dealkylation sites (tertiary alicyclic amines) is 1. The van der Waals surface area contributed by atoms with Crippen LogP contribution in [-0.4, -0.2) is 34.6 Å². The molecule has 1 aromatic carbocycles. The predicted octanol–water partition coefficient (Wildman–Crippen LogP) is 4.22. The number of nitrogens with zero attached hydrogens (tertiary/aromatic N) is 1. The number of urea groups is 1. The second kappa shape index (κ2) is 8.09. The van der Waals surface area contributed by atoms with E-state index in [-0.39, 0.29) is 24.0 Å². The van der Waals surface area contributed by atoms with E-state index in [9.17, 15) is 9.59 Å². The largest absolute Gasteiger partial charge is 0.481 e. The molecule has 2 amide bonds. The highest BCUT2D eigenvalue weighted by Gasteiger charge is 2.31. The van der Waals surface area contributed by atoms with Crippen molar-refractivity contribution in [3.63, 3.8) is 0 Å². The molecule has 2 fully saturated rings. The van der Waals surface area contributed by atoms with Crippen LogP contribution in [0.1, 0.15) is 56.6 Å². The third kappa shape index (κ3) is 4.46. The van der Waals surface area contributed by atoms with Crippen LogP contribution in [-0.2, 0) is 4.79 Å². The summed E-state index contributed by atoms with van der Waals surface area (Å²) in [5, 5.41) is 12.9. The summed E-state index contributed by atoms with van der Waals surface area (Å²) in [6, 6.07) is 7.87. The topological polar surface area (TPSA) is 69.6 Å². The molecule has 0 radical (unpaired) electrons. The van der Waals surface area contributed by atoms with Crippen molar-refractivity contribution in [2.45, 2.75) is 57.0 Å². The Morgan fingerprint density at radius 2 is 1.72 bits per heavy atom. The number of piperidine rings is 1. The predicted molar refractivity (Wildman–Crippen MR) is 96.7 cm³/mol. The zero-order valence-electron chi connectivity index (χ0n) is 14.3. The van der Waals surface area contributed by atoms with Gasteiger partial charge in [0.2, 0.25) is 0 Å². The van der Waals surface area contributed by atoms with Gasteiger partial charge in [-0.25, -0.2) is 4.79 Å². The molecule has 1 aliphatic carbocycles. The molecule has 0 bridgehead atoms. The molecule has 1 atom stereocenters. The number of aliphatic carboxylic acids is 1. The minimum atomic E-state index is -0.719. The van der Waals surface area contributed by atoms with E-state index < -0.39 is 5.97 Å². The van der Waals surface area contributed by atoms with Gasteiger partial charge in [-0.05, 0) is 62.6 Å². The van der Waals surface area contributed by atoms with Crippen LogP contribution >= 0.6 is 11.6 Å². The van der Waals surface area contributed by atoms with Crippen LogP contribution in [0, 0.1) is 5.92 Å². The van der Waals surface area contributed by atoms with Crippen molar-refractivity contribution in [3.8, 4) is 0 Å². The zero-order chi connectivity index (χ0) is 17.8. The lowest BCUT2D eigenvalue weighted by Crippen LogP contribution is -2.49. The highest BCUT2D eigenvalue weighted by molar-refractivity contribution is 6.30. The summed E-state index contributed by atoms with van der Waals surface area (Å²) in [6.45, 7) is 0.754. The Morgan fingerprint density at radius 3 is 2.36 bits per heavy atom. The van der Waals surface area contributed by atoms with E-state index >= 15 is 0 Å². The fourth-order valence-electron chi connectivity index (χ4n) is 3.95. The molecule has 1 saturated carbocycles. The number of carboxylic acids is 1. The van der Waals surface area contributed by atoms with Crippen LogP contribution in [0.5, 0.6) is 0 Å². The van der Waals surface area contributed by atoms with E-state index in [0.29, 0.717) is 17.9 Å². The first kappa shape index (κ1) is 18.1. The molecule has 1 heterocycles. The molecule has 25 heavy (non-hydrogen) atoms. The van der Waals surface area contributed by atoms with Crippen molar-refractivity contribution in [2.24, 2.45) is 5.92 Å². The van der Waals surface area contributed by atoms with Gasteiger partial charge < -0.3 is 15.3 Å². The summed E-state index contributed by atoms with van der Waals surface area (Å²) in [4.78, 5) is 25.8. The van der Waals surface area contributed by atoms with E-state index in [2.05, 4.69) is 5.32 Å². The van der Waals surface area contributed by atoms with Gasteiger partial charge in [-0.2, -0.15) is 0 Å². The quantitative estimate of drug-likeness (QED) is 0.843. The minimum Gasteiger partial charge on any atom is -0.481 e. The van der Waals surface area contributed by atoms with Gasteiger partial charge in [-0.15, -0.1) is 0 Å². The number of carboxylic acid groups (broad SMARTS) is 1. The van der Waals surface area contributed by atoms with Crippen LogP contribution in [0.4, 0.5) is 4.79 Å². The van der Waals surface area contributed by atoms with Crippen molar-refractivity contribution in [2.75, 3.05) is 6.54 Å². The van der Waals surface area contributed by atoms with E-state index in [1.54, 1.807) is 0 Å². The summed E-state index contributed by atoms with van der Waals surface area (Å²) >= 11 is 5.98. The van der Waals surface area contributed by atoms with Crippen molar-refractivity contribution >= 4 is 23.6 Å². The summed E-state index contributed by atoms with van der Waals surface area (Å²) in [5.41, 5.74) is 1.12. The lowest BCUT2D eigenvalue weighted by Gasteiger charge is -2.38. The highest BCUT2D eigenvalue weighted by atomic mass is 35.5. The summed E-state index contributed by atoms with van der Waals surface area (Å²) in [7, 11) is 0. The molecule has 136 valence electrons. The maximum absolute atomic E-state index is 12.8. The number of rotatable bonds is 3. The molecular formula is C19H25ClN2O3. The average molecular weight is 365 g/mol. The summed E-state index contributed by atoms with van der Waals surface area (Å²) < 4.78 is 0. The Labute approximate surface area is 153 Å². The Morgan fingerprint density at radius 1 is 1.04 bits per heavy atom. The van der Waals surface area contributed by atoms with Gasteiger partial charge in [0.25, 0.3) is 0 Å². The fourth-order valence-corrected chi connectivity index (χ4v) is 4.07. The van der Waals surface area contributed by atoms with E-state index in [1.165, 1.54) is 0 Å². The molecule has 2 aliphatic rings. The van der Waals surface area contributed by atoms with E-state index in [1.807, 2.05) is 29.2 Å². The molecule has 1 aromatic rings. The minimum absolute atomic E-state index is 0.0292. The number of halogens is 1. The van der Waals surface area contributed by atoms with Gasteiger partial charge in [0.1, 0.15) is 0 Å². The van der Waals surface area contributed by atoms with Crippen LogP contribution in [0.25, 0.3) is 0 Å². The molecule has 1 aliphatic heterocycles. The molecule has 5 nitrogen and oxygen atoms in total. The second-order valence-electron chi connectivity index (χ2n) is 7.09. The first-order valence-electron chi connectivity index (χ1n) is 9.10. The Balaban J connectivity index is 1.61. The van der Waals surface area contributed by atoms with Crippen LogP contribution in [0.3, 0.4) is 0 Å². The number of amides is 2. The standard InChI is InChI=1S/C19H25ClN2O3/c20-15-8-4-13(5-9-15)17-3-1-2-12-22(17)19(25)21-16-10-6-14(7-11-16)18(23)24/h4-5,8-9,14,16-17H,1-3,6-7,10-12H2,(H,21,25)(H,23,24). The first-order chi connectivity index (χ1) is 12.0. The second-order valence-corrected chi connectivity index (χ2v) is 7.53. The Bertz CT molecular complexity index is 612. The van der Waals surface area contributed by atoms with Gasteiger partial charge in [-0.3, -0.25) is 4.79 Å². The molecule has 6 heteroatoms. The molecule has 1 saturated heterocycles. The van der Waals surface area contributed by atoms with Crippen LogP contribution < -0.4 is 5.32 Å². The van der Waals surface area contributed by atoms with Gasteiger partial charge >= 0.3 is 12.0 Å². The number of carbonyl (C=O) groups excluding carboxylic acids is 1. The lowest BCUT2D eigenvalue weighted by molar-refractivity contribution is -0.142. The Kier molecular flexibility index (Phi) is 5.84. The molecule has 0 spiro atoms. The number of benzene rings is 1. The molecule has 2 N–H and O–H groups in total. The van der Waals surface area contributed by atoms with Gasteiger partial charge in [-0.1, -0.05) is 23.7 Å². The normalized spacial score (nSPS) is 26.9. The van der Waals surface area contributed by atoms with E-state index in [0.717, 1.165) is 44.2 Å². The van der Waals surface area contributed by atoms with Crippen molar-refractivity contribution < 1.29 is 14.7 Å². The maximum atomic E-state index is 12.8. The lowest BCUT2D eigenvalue weighted by atomic mass is 9.86. The number of hydrogen-bond donors (Lipinski definition) is 2. The molecule has 1 unspecified atom stereocenters. The summed E-state index contributed by atoms with van der Waals surface area (Å²) in [6.07, 6.45) is 5.84. The molecule has 3 rings (SSSR count). The van der Waals surface area contributed by atoms with Gasteiger partial charge in [0.15, 0.2) is 0 Å². The van der Waals surface area contributed by atoms with Crippen molar-refractivity contribution in [3.05, 3.63) is 34.9 Å². The third-order valence-corrected chi connectivity index (χ3v) is 5.67. The SMILES string of the molecule is O=C(O)C1CCC(NC(=O)N2CCCCC2c2ccc(Cl)cc2)CC1. The smallest absolute Gasteiger partial charge is 0.318 e. The van der Waals surface area contributed by atoms with Crippen LogP contribution in [0.2, 0.25) is 5.02 Å². The third-order valence-electron chi connectivity index (χ3n) is 5.42. The monoisotopic (exact) mass is 364 g/mol.